The number of benzene rings is 2. The number of rotatable bonds is 5. The van der Waals surface area contributed by atoms with E-state index in [1.807, 2.05) is 43.3 Å². The third kappa shape index (κ3) is 3.59. The predicted octanol–water partition coefficient (Wildman–Crippen LogP) is 4.89. The Bertz CT molecular complexity index is 1090. The van der Waals surface area contributed by atoms with E-state index in [-0.39, 0.29) is 18.6 Å². The summed E-state index contributed by atoms with van der Waals surface area (Å²) in [6, 6.07) is 16.5. The van der Waals surface area contributed by atoms with Crippen molar-refractivity contribution in [2.24, 2.45) is 0 Å². The van der Waals surface area contributed by atoms with Crippen LogP contribution in [0.15, 0.2) is 65.2 Å². The number of pyridine rings is 1. The molecule has 0 fully saturated rings. The summed E-state index contributed by atoms with van der Waals surface area (Å²) in [6.07, 6.45) is 1.66. The Morgan fingerprint density at radius 2 is 2.07 bits per heavy atom. The van der Waals surface area contributed by atoms with Gasteiger partial charge in [0.1, 0.15) is 22.6 Å². The molecule has 0 aliphatic carbocycles. The van der Waals surface area contributed by atoms with Crippen molar-refractivity contribution in [3.63, 3.8) is 0 Å². The Hall–Kier alpha value is -3.05. The van der Waals surface area contributed by atoms with Crippen molar-refractivity contribution in [1.29, 1.82) is 0 Å². The van der Waals surface area contributed by atoms with Crippen molar-refractivity contribution < 1.29 is 13.9 Å². The van der Waals surface area contributed by atoms with Gasteiger partial charge in [-0.3, -0.25) is 9.78 Å². The summed E-state index contributed by atoms with van der Waals surface area (Å²) in [5.41, 5.74) is 1.42. The van der Waals surface area contributed by atoms with E-state index < -0.39 is 0 Å². The van der Waals surface area contributed by atoms with Crippen molar-refractivity contribution in [3.8, 4) is 5.75 Å². The second-order valence-corrected chi connectivity index (χ2v) is 6.62. The van der Waals surface area contributed by atoms with Gasteiger partial charge in [0.25, 0.3) is 5.91 Å². The van der Waals surface area contributed by atoms with Gasteiger partial charge in [0.05, 0.1) is 11.1 Å². The minimum absolute atomic E-state index is 0.127. The van der Waals surface area contributed by atoms with Gasteiger partial charge in [0.2, 0.25) is 0 Å². The zero-order chi connectivity index (χ0) is 18.8. The number of ether oxygens (including phenoxy) is 1. The van der Waals surface area contributed by atoms with Crippen molar-refractivity contribution in [2.75, 3.05) is 6.61 Å². The Morgan fingerprint density at radius 1 is 1.22 bits per heavy atom. The molecule has 2 aromatic carbocycles. The van der Waals surface area contributed by atoms with Crippen molar-refractivity contribution >= 4 is 39.4 Å². The molecule has 1 N–H and O–H groups in total. The Labute approximate surface area is 160 Å². The van der Waals surface area contributed by atoms with Crippen LogP contribution in [0.3, 0.4) is 0 Å². The number of carbonyl (C=O) groups is 1. The van der Waals surface area contributed by atoms with Crippen molar-refractivity contribution in [3.05, 3.63) is 71.6 Å². The molecule has 4 aromatic rings. The van der Waals surface area contributed by atoms with Crippen LogP contribution in [-0.2, 0) is 4.79 Å². The highest BCUT2D eigenvalue weighted by Crippen LogP contribution is 2.29. The lowest BCUT2D eigenvalue weighted by molar-refractivity contribution is -0.123. The number of furan rings is 1. The summed E-state index contributed by atoms with van der Waals surface area (Å²) < 4.78 is 11.5. The minimum Gasteiger partial charge on any atom is -0.481 e. The number of amides is 1. The molecule has 2 heterocycles. The lowest BCUT2D eigenvalue weighted by atomic mass is 10.2. The number of nitrogens with zero attached hydrogens (tertiary/aromatic N) is 1. The highest BCUT2D eigenvalue weighted by Gasteiger charge is 2.15. The second-order valence-electron chi connectivity index (χ2n) is 6.21. The number of nitrogens with one attached hydrogen (secondary N) is 1. The Morgan fingerprint density at radius 3 is 2.93 bits per heavy atom. The highest BCUT2D eigenvalue weighted by molar-refractivity contribution is 6.35. The maximum atomic E-state index is 12.3. The molecule has 1 unspecified atom stereocenters. The topological polar surface area (TPSA) is 64.4 Å². The number of aromatic nitrogens is 1. The summed E-state index contributed by atoms with van der Waals surface area (Å²) in [7, 11) is 0. The maximum absolute atomic E-state index is 12.3. The lowest BCUT2D eigenvalue weighted by Crippen LogP contribution is -2.31. The van der Waals surface area contributed by atoms with Crippen LogP contribution < -0.4 is 10.1 Å². The average molecular weight is 381 g/mol. The molecule has 6 heteroatoms. The van der Waals surface area contributed by atoms with Crippen molar-refractivity contribution in [2.45, 2.75) is 13.0 Å². The highest BCUT2D eigenvalue weighted by atomic mass is 35.5. The molecule has 2 aromatic heterocycles. The zero-order valence-corrected chi connectivity index (χ0v) is 15.4. The van der Waals surface area contributed by atoms with Gasteiger partial charge < -0.3 is 14.5 Å². The van der Waals surface area contributed by atoms with Crippen LogP contribution in [0.4, 0.5) is 0 Å². The van der Waals surface area contributed by atoms with E-state index in [1.165, 1.54) is 0 Å². The molecule has 0 saturated heterocycles. The van der Waals surface area contributed by atoms with Gasteiger partial charge in [-0.1, -0.05) is 29.8 Å². The monoisotopic (exact) mass is 380 g/mol. The summed E-state index contributed by atoms with van der Waals surface area (Å²) in [5, 5.41) is 5.26. The normalized spacial score (nSPS) is 12.2. The van der Waals surface area contributed by atoms with E-state index >= 15 is 0 Å². The molecular formula is C21H17ClN2O3. The van der Waals surface area contributed by atoms with E-state index in [1.54, 1.807) is 24.4 Å². The standard InChI is InChI=1S/C21H17ClN2O3/c1-13(19-11-14-5-2-3-7-17(14)27-19)24-20(25)12-26-18-9-8-16(22)15-6-4-10-23-21(15)18/h2-11,13H,12H2,1H3,(H,24,25). The maximum Gasteiger partial charge on any atom is 0.258 e. The molecule has 0 aliphatic heterocycles. The first-order valence-corrected chi connectivity index (χ1v) is 8.93. The van der Waals surface area contributed by atoms with Gasteiger partial charge in [-0.15, -0.1) is 0 Å². The fourth-order valence-electron chi connectivity index (χ4n) is 2.94. The average Bonchev–Trinajstić information content (AvgIpc) is 3.12. The third-order valence-corrected chi connectivity index (χ3v) is 4.62. The number of fused-ring (bicyclic) bond motifs is 2. The number of hydrogen-bond acceptors (Lipinski definition) is 4. The number of halogens is 1. The largest absolute Gasteiger partial charge is 0.481 e. The molecule has 0 saturated carbocycles. The van der Waals surface area contributed by atoms with E-state index in [4.69, 9.17) is 20.8 Å². The van der Waals surface area contributed by atoms with Crippen molar-refractivity contribution in [1.82, 2.24) is 10.3 Å². The zero-order valence-electron chi connectivity index (χ0n) is 14.6. The molecule has 4 rings (SSSR count). The molecule has 0 spiro atoms. The first-order chi connectivity index (χ1) is 13.1. The van der Waals surface area contributed by atoms with E-state index in [0.717, 1.165) is 16.4 Å². The molecule has 0 bridgehead atoms. The van der Waals surface area contributed by atoms with Crippen LogP contribution in [0.2, 0.25) is 5.02 Å². The van der Waals surface area contributed by atoms with Crippen LogP contribution in [0.25, 0.3) is 21.9 Å². The van der Waals surface area contributed by atoms with Crippen LogP contribution in [0, 0.1) is 0 Å². The van der Waals surface area contributed by atoms with E-state index in [0.29, 0.717) is 22.0 Å². The minimum atomic E-state index is -0.270. The third-order valence-electron chi connectivity index (χ3n) is 4.29. The van der Waals surface area contributed by atoms with Crippen LogP contribution in [-0.4, -0.2) is 17.5 Å². The first-order valence-electron chi connectivity index (χ1n) is 8.55. The number of carbonyl (C=O) groups excluding carboxylic acids is 1. The summed E-state index contributed by atoms with van der Waals surface area (Å²) >= 11 is 6.18. The molecule has 0 radical (unpaired) electrons. The number of hydrogen-bond donors (Lipinski definition) is 1. The fourth-order valence-corrected chi connectivity index (χ4v) is 3.16. The quantitative estimate of drug-likeness (QED) is 0.535. The van der Waals surface area contributed by atoms with Crippen LogP contribution >= 0.6 is 11.6 Å². The van der Waals surface area contributed by atoms with Gasteiger partial charge >= 0.3 is 0 Å². The molecule has 136 valence electrons. The predicted molar refractivity (Wildman–Crippen MR) is 105 cm³/mol. The van der Waals surface area contributed by atoms with Gasteiger partial charge in [-0.05, 0) is 43.3 Å². The lowest BCUT2D eigenvalue weighted by Gasteiger charge is -2.13. The molecule has 27 heavy (non-hydrogen) atoms. The van der Waals surface area contributed by atoms with Gasteiger partial charge in [0.15, 0.2) is 6.61 Å². The van der Waals surface area contributed by atoms with Gasteiger partial charge in [-0.2, -0.15) is 0 Å². The second kappa shape index (κ2) is 7.29. The summed E-state index contributed by atoms with van der Waals surface area (Å²) in [6.45, 7) is 1.74. The van der Waals surface area contributed by atoms with Gasteiger partial charge in [-0.25, -0.2) is 0 Å². The summed E-state index contributed by atoms with van der Waals surface area (Å²) in [5.74, 6) is 0.965. The first kappa shape index (κ1) is 17.4. The van der Waals surface area contributed by atoms with Gasteiger partial charge in [0, 0.05) is 17.0 Å². The van der Waals surface area contributed by atoms with E-state index in [9.17, 15) is 4.79 Å². The Balaban J connectivity index is 1.43. The molecule has 0 aliphatic rings. The fraction of sp³-hybridized carbons (Fsp3) is 0.143. The van der Waals surface area contributed by atoms with Crippen LogP contribution in [0.5, 0.6) is 5.75 Å². The SMILES string of the molecule is CC(NC(=O)COc1ccc(Cl)c2cccnc12)c1cc2ccccc2o1. The molecule has 1 atom stereocenters. The van der Waals surface area contributed by atoms with Crippen LogP contribution in [0.1, 0.15) is 18.7 Å². The van der Waals surface area contributed by atoms with E-state index in [2.05, 4.69) is 10.3 Å². The number of para-hydroxylation sites is 1. The molecule has 5 nitrogen and oxygen atoms in total. The smallest absolute Gasteiger partial charge is 0.258 e. The summed E-state index contributed by atoms with van der Waals surface area (Å²) in [4.78, 5) is 16.6. The molecule has 1 amide bonds. The Kier molecular flexibility index (Phi) is 4.69. The molecular weight excluding hydrogens is 364 g/mol.